The van der Waals surface area contributed by atoms with Gasteiger partial charge in [-0.2, -0.15) is 8.42 Å². The third kappa shape index (κ3) is 7.47. The summed E-state index contributed by atoms with van der Waals surface area (Å²) in [4.78, 5) is 29.6. The van der Waals surface area contributed by atoms with E-state index in [2.05, 4.69) is 5.32 Å². The smallest absolute Gasteiger partial charge is 0.377 e. The van der Waals surface area contributed by atoms with E-state index in [1.807, 2.05) is 0 Å². The van der Waals surface area contributed by atoms with E-state index in [0.29, 0.717) is 19.2 Å². The predicted molar refractivity (Wildman–Crippen MR) is 128 cm³/mol. The lowest BCUT2D eigenvalue weighted by molar-refractivity contribution is -0.149. The van der Waals surface area contributed by atoms with E-state index >= 15 is 0 Å². The van der Waals surface area contributed by atoms with Gasteiger partial charge in [0.1, 0.15) is 11.4 Å². The molecule has 1 aliphatic heterocycles. The van der Waals surface area contributed by atoms with Gasteiger partial charge < -0.3 is 29.5 Å². The van der Waals surface area contributed by atoms with E-state index in [0.717, 1.165) is 12.1 Å². The molecular weight excluding hydrogens is 513 g/mol. The Balaban J connectivity index is 2.70. The minimum atomic E-state index is -4.87. The van der Waals surface area contributed by atoms with Crippen molar-refractivity contribution in [2.75, 3.05) is 39.5 Å². The van der Waals surface area contributed by atoms with Crippen LogP contribution >= 0.6 is 0 Å². The van der Waals surface area contributed by atoms with Crippen molar-refractivity contribution in [1.82, 2.24) is 9.79 Å². The summed E-state index contributed by atoms with van der Waals surface area (Å²) in [6, 6.07) is 3.04. The lowest BCUT2D eigenvalue weighted by Gasteiger charge is -2.40. The zero-order valence-electron chi connectivity index (χ0n) is 20.9. The number of carbonyl (C=O) groups is 2. The highest BCUT2D eigenvalue weighted by Crippen LogP contribution is 2.32. The van der Waals surface area contributed by atoms with E-state index in [9.17, 15) is 27.5 Å². The summed E-state index contributed by atoms with van der Waals surface area (Å²) in [5, 5.41) is 21.3. The Morgan fingerprint density at radius 3 is 2.46 bits per heavy atom. The molecule has 0 radical (unpaired) electrons. The first-order valence-corrected chi connectivity index (χ1v) is 13.1. The second-order valence-electron chi connectivity index (χ2n) is 7.88. The predicted octanol–water partition coefficient (Wildman–Crippen LogP) is 1.17. The van der Waals surface area contributed by atoms with Gasteiger partial charge >= 0.3 is 11.9 Å². The van der Waals surface area contributed by atoms with Crippen molar-refractivity contribution in [3.8, 4) is 0 Å². The number of aliphatic hydroxyl groups is 1. The van der Waals surface area contributed by atoms with Crippen LogP contribution in [0.4, 0.5) is 4.39 Å². The fourth-order valence-corrected chi connectivity index (χ4v) is 5.05. The number of esters is 2. The molecule has 2 rings (SSSR count). The monoisotopic (exact) mass is 545 g/mol. The number of rotatable bonds is 12. The number of amidine groups is 1. The highest BCUT2D eigenvalue weighted by molar-refractivity contribution is 7.89. The molecule has 1 aromatic carbocycles. The normalized spacial score (nSPS) is 15.5. The number of hydrogen-bond acceptors (Lipinski definition) is 11. The standard InChI is InChI=1S/C23H32FN3O9S/c1-4-33-20(29)15-18(21(30)34-5-2)36-27(37(31,32)19-14-17(24)7-6-16(19)3)22(25)23(35-13-12-28)8-10-26-11-9-23/h6-7,14-15,25-26,28H,4-5,8-13H2,1-3H3. The van der Waals surface area contributed by atoms with Crippen molar-refractivity contribution in [2.24, 2.45) is 0 Å². The quantitative estimate of drug-likeness (QED) is 0.0867. The molecule has 0 spiro atoms. The van der Waals surface area contributed by atoms with Crippen LogP contribution < -0.4 is 5.32 Å². The van der Waals surface area contributed by atoms with Crippen LogP contribution in [-0.2, 0) is 38.7 Å². The van der Waals surface area contributed by atoms with E-state index in [4.69, 9.17) is 24.5 Å². The largest absolute Gasteiger partial charge is 0.463 e. The first-order chi connectivity index (χ1) is 17.5. The van der Waals surface area contributed by atoms with Gasteiger partial charge in [-0.25, -0.2) is 14.0 Å². The highest BCUT2D eigenvalue weighted by atomic mass is 32.2. The SMILES string of the molecule is CCOC(=O)C=C(ON(C(=N)C1(OCCO)CCNCC1)S(=O)(=O)c1cc(F)ccc1C)C(=O)OCC. The zero-order valence-corrected chi connectivity index (χ0v) is 21.7. The van der Waals surface area contributed by atoms with Gasteiger partial charge in [0.2, 0.25) is 5.76 Å². The third-order valence-corrected chi connectivity index (χ3v) is 7.02. The van der Waals surface area contributed by atoms with E-state index in [1.165, 1.54) is 26.8 Å². The molecule has 1 aliphatic rings. The number of nitrogens with one attached hydrogen (secondary N) is 2. The van der Waals surface area contributed by atoms with Gasteiger partial charge in [-0.15, -0.1) is 0 Å². The first-order valence-electron chi connectivity index (χ1n) is 11.6. The molecule has 0 amide bonds. The van der Waals surface area contributed by atoms with Crippen molar-refractivity contribution in [1.29, 1.82) is 5.41 Å². The van der Waals surface area contributed by atoms with Crippen molar-refractivity contribution < 1.29 is 46.6 Å². The number of sulfonamides is 1. The molecule has 0 unspecified atom stereocenters. The molecule has 0 saturated carbocycles. The summed E-state index contributed by atoms with van der Waals surface area (Å²) in [5.74, 6) is -4.71. The van der Waals surface area contributed by atoms with Gasteiger partial charge in [0.15, 0.2) is 5.84 Å². The number of nitrogens with zero attached hydrogens (tertiary/aromatic N) is 1. The number of aryl methyl sites for hydroxylation is 1. The number of hydroxylamine groups is 1. The molecule has 1 aromatic rings. The van der Waals surface area contributed by atoms with Gasteiger partial charge in [-0.3, -0.25) is 5.41 Å². The number of ether oxygens (including phenoxy) is 3. The Kier molecular flexibility index (Phi) is 11.0. The molecule has 206 valence electrons. The fraction of sp³-hybridized carbons (Fsp3) is 0.522. The van der Waals surface area contributed by atoms with Gasteiger partial charge in [-0.05, 0) is 64.4 Å². The molecule has 37 heavy (non-hydrogen) atoms. The Morgan fingerprint density at radius 2 is 1.86 bits per heavy atom. The number of halogens is 1. The zero-order chi connectivity index (χ0) is 27.6. The van der Waals surface area contributed by atoms with E-state index in [-0.39, 0.29) is 42.7 Å². The minimum absolute atomic E-state index is 0.0448. The summed E-state index contributed by atoms with van der Waals surface area (Å²) < 4.78 is 57.3. The molecule has 0 bridgehead atoms. The average Bonchev–Trinajstić information content (AvgIpc) is 2.86. The Morgan fingerprint density at radius 1 is 1.22 bits per heavy atom. The van der Waals surface area contributed by atoms with Gasteiger partial charge in [0, 0.05) is 0 Å². The Bertz CT molecular complexity index is 1120. The molecule has 3 N–H and O–H groups in total. The first kappa shape index (κ1) is 30.2. The molecule has 0 atom stereocenters. The number of aliphatic hydroxyl groups excluding tert-OH is 1. The lowest BCUT2D eigenvalue weighted by Crippen LogP contribution is -2.57. The van der Waals surface area contributed by atoms with E-state index < -0.39 is 56.5 Å². The van der Waals surface area contributed by atoms with Gasteiger partial charge in [0.25, 0.3) is 10.0 Å². The van der Waals surface area contributed by atoms with Crippen molar-refractivity contribution in [2.45, 2.75) is 44.1 Å². The minimum Gasteiger partial charge on any atom is -0.463 e. The van der Waals surface area contributed by atoms with Crippen LogP contribution in [0.1, 0.15) is 32.3 Å². The average molecular weight is 546 g/mol. The molecule has 0 aromatic heterocycles. The topological polar surface area (TPSA) is 165 Å². The van der Waals surface area contributed by atoms with Crippen LogP contribution in [0.5, 0.6) is 0 Å². The van der Waals surface area contributed by atoms with Crippen LogP contribution in [0.25, 0.3) is 0 Å². The number of carbonyl (C=O) groups excluding carboxylic acids is 2. The second kappa shape index (κ2) is 13.5. The van der Waals surface area contributed by atoms with Crippen LogP contribution in [0.2, 0.25) is 0 Å². The van der Waals surface area contributed by atoms with Crippen LogP contribution in [-0.4, -0.2) is 80.9 Å². The Labute approximate surface area is 214 Å². The molecule has 1 heterocycles. The van der Waals surface area contributed by atoms with Gasteiger partial charge in [0.05, 0.1) is 37.4 Å². The summed E-state index contributed by atoms with van der Waals surface area (Å²) in [6.45, 7) is 4.29. The maximum absolute atomic E-state index is 14.1. The molecule has 1 fully saturated rings. The number of piperidine rings is 1. The summed E-state index contributed by atoms with van der Waals surface area (Å²) in [6.07, 6.45) is 0.818. The number of benzene rings is 1. The van der Waals surface area contributed by atoms with Crippen molar-refractivity contribution in [3.05, 3.63) is 41.4 Å². The molecular formula is C23H32FN3O9S. The molecule has 12 nitrogen and oxygen atoms in total. The second-order valence-corrected chi connectivity index (χ2v) is 9.60. The Hall–Kier alpha value is -3.07. The molecule has 0 aliphatic carbocycles. The van der Waals surface area contributed by atoms with Crippen molar-refractivity contribution in [3.63, 3.8) is 0 Å². The van der Waals surface area contributed by atoms with E-state index in [1.54, 1.807) is 0 Å². The summed E-state index contributed by atoms with van der Waals surface area (Å²) in [5.41, 5.74) is -1.43. The highest BCUT2D eigenvalue weighted by Gasteiger charge is 2.47. The third-order valence-electron chi connectivity index (χ3n) is 5.33. The fourth-order valence-electron chi connectivity index (χ4n) is 3.55. The molecule has 1 saturated heterocycles. The van der Waals surface area contributed by atoms with Crippen LogP contribution in [0, 0.1) is 18.2 Å². The van der Waals surface area contributed by atoms with Gasteiger partial charge in [-0.1, -0.05) is 10.5 Å². The maximum Gasteiger partial charge on any atom is 0.377 e. The summed E-state index contributed by atoms with van der Waals surface area (Å²) in [7, 11) is -4.87. The van der Waals surface area contributed by atoms with Crippen LogP contribution in [0.15, 0.2) is 34.9 Å². The molecule has 14 heteroatoms. The maximum atomic E-state index is 14.1. The van der Waals surface area contributed by atoms with Crippen molar-refractivity contribution >= 4 is 27.8 Å². The van der Waals surface area contributed by atoms with Crippen LogP contribution in [0.3, 0.4) is 0 Å². The summed E-state index contributed by atoms with van der Waals surface area (Å²) >= 11 is 0. The lowest BCUT2D eigenvalue weighted by atomic mass is 9.91. The number of hydrogen-bond donors (Lipinski definition) is 3.